The Balaban J connectivity index is 1.40. The van der Waals surface area contributed by atoms with Gasteiger partial charge in [-0.3, -0.25) is 25.1 Å². The quantitative estimate of drug-likeness (QED) is 0.264. The summed E-state index contributed by atoms with van der Waals surface area (Å²) >= 11 is 0. The highest BCUT2D eigenvalue weighted by Crippen LogP contribution is 2.43. The smallest absolute Gasteiger partial charge is 0.244 e. The number of nitrogens with zero attached hydrogens (tertiary/aromatic N) is 9. The van der Waals surface area contributed by atoms with Gasteiger partial charge in [-0.25, -0.2) is 0 Å². The minimum Gasteiger partial charge on any atom is -0.322 e. The first-order valence-corrected chi connectivity index (χ1v) is 26.2. The first kappa shape index (κ1) is 48.6. The van der Waals surface area contributed by atoms with Crippen LogP contribution in [0.5, 0.6) is 0 Å². The van der Waals surface area contributed by atoms with E-state index in [-0.39, 0.29) is 65.4 Å². The highest BCUT2D eigenvalue weighted by atomic mass is 16.2. The molecule has 6 atom stereocenters. The third kappa shape index (κ3) is 9.38. The first-order valence-electron chi connectivity index (χ1n) is 26.2. The number of hydrogen-bond acceptors (Lipinski definition) is 12. The van der Waals surface area contributed by atoms with Gasteiger partial charge in [0.2, 0.25) is 29.7 Å². The van der Waals surface area contributed by atoms with Crippen molar-refractivity contribution in [3.63, 3.8) is 0 Å². The summed E-state index contributed by atoms with van der Waals surface area (Å²) < 4.78 is 0. The number of carbonyl (C=O) groups excluding carboxylic acids is 2. The molecule has 2 amide bonds. The molecule has 1 aromatic heterocycles. The fourth-order valence-corrected chi connectivity index (χ4v) is 14.4. The number of fused-ring (bicyclic) bond motifs is 6. The van der Waals surface area contributed by atoms with Crippen LogP contribution in [0.4, 0.5) is 17.8 Å². The summed E-state index contributed by atoms with van der Waals surface area (Å²) in [6.07, 6.45) is 16.2. The number of hydrogen-bond donors (Lipinski definition) is 3. The molecular weight excluding hydrogens is 813 g/mol. The molecule has 6 fully saturated rings. The maximum atomic E-state index is 15.7. The summed E-state index contributed by atoms with van der Waals surface area (Å²) in [6.45, 7) is 34.1. The standard InChI is InChI=1S/C51H90N12O2/c1-34-50(13)33-60(41(64)49(11,12)57-50)37(4)63(40-28-22-17-23-29-40)45-53-43(61(38-24-18-15-19-25-38)35(2)58-30-46(5,6)55-47(7,8)31-58)52-44(54-45)62(39-26-20-16-21-27-39)36(3)59-32-48(9,10)56-51(34,14)42(59)65/h34-40,55-57H,15-33H2,1-14H3. The molecule has 8 rings (SSSR count). The minimum atomic E-state index is -0.942. The van der Waals surface area contributed by atoms with Crippen molar-refractivity contribution < 1.29 is 9.59 Å². The van der Waals surface area contributed by atoms with Crippen LogP contribution in [0.15, 0.2) is 0 Å². The topological polar surface area (TPSA) is 128 Å². The lowest BCUT2D eigenvalue weighted by Crippen LogP contribution is -2.82. The SMILES string of the molecule is CC(N1CC(C)(C)NC(C)(C)C1)N(c1nc2nc(n1)N(C1CCCCC1)C(C)N1CC(C)(C)NC(C)(C1=O)C(C)C1(C)CN(C(=O)C(C)(C)N1)C(C)N2C1CCCCC1)C1CCCCC1. The highest BCUT2D eigenvalue weighted by molar-refractivity contribution is 5.89. The van der Waals surface area contributed by atoms with E-state index in [9.17, 15) is 0 Å². The third-order valence-electron chi connectivity index (χ3n) is 17.3. The maximum Gasteiger partial charge on any atom is 0.244 e. The van der Waals surface area contributed by atoms with Crippen LogP contribution >= 0.6 is 0 Å². The van der Waals surface area contributed by atoms with Gasteiger partial charge in [-0.15, -0.1) is 0 Å². The van der Waals surface area contributed by atoms with Crippen molar-refractivity contribution in [2.75, 3.05) is 40.9 Å². The van der Waals surface area contributed by atoms with Gasteiger partial charge in [0.1, 0.15) is 17.9 Å². The second kappa shape index (κ2) is 17.6. The average Bonchev–Trinajstić information content (AvgIpc) is 3.23. The molecule has 3 saturated carbocycles. The Bertz CT molecular complexity index is 1830. The molecule has 366 valence electrons. The Kier molecular flexibility index (Phi) is 13.2. The Morgan fingerprint density at radius 3 is 1.49 bits per heavy atom. The zero-order chi connectivity index (χ0) is 47.1. The number of piperazine rings is 3. The minimum absolute atomic E-state index is 0.0162. The molecular formula is C51H90N12O2. The molecule has 0 aromatic carbocycles. The molecule has 3 N–H and O–H groups in total. The van der Waals surface area contributed by atoms with Crippen LogP contribution < -0.4 is 30.7 Å². The van der Waals surface area contributed by atoms with E-state index in [1.54, 1.807) is 0 Å². The number of anilines is 3. The second-order valence-corrected chi connectivity index (χ2v) is 25.0. The molecule has 14 nitrogen and oxygen atoms in total. The van der Waals surface area contributed by atoms with Crippen molar-refractivity contribution in [3.05, 3.63) is 0 Å². The van der Waals surface area contributed by atoms with Crippen molar-refractivity contribution in [1.29, 1.82) is 0 Å². The third-order valence-corrected chi connectivity index (χ3v) is 17.3. The summed E-state index contributed by atoms with van der Waals surface area (Å²) in [7, 11) is 0. The van der Waals surface area contributed by atoms with Crippen LogP contribution in [0.25, 0.3) is 0 Å². The summed E-state index contributed by atoms with van der Waals surface area (Å²) in [6, 6.07) is 0.582. The zero-order valence-electron chi connectivity index (χ0n) is 43.3. The first-order chi connectivity index (χ1) is 30.4. The van der Waals surface area contributed by atoms with Gasteiger partial charge in [0.15, 0.2) is 0 Å². The van der Waals surface area contributed by atoms with Crippen LogP contribution in [-0.2, 0) is 9.59 Å². The Morgan fingerprint density at radius 1 is 0.554 bits per heavy atom. The number of nitrogens with one attached hydrogen (secondary N) is 3. The van der Waals surface area contributed by atoms with Crippen LogP contribution in [0.3, 0.4) is 0 Å². The summed E-state index contributed by atoms with van der Waals surface area (Å²) in [5.74, 6) is 2.02. The predicted molar refractivity (Wildman–Crippen MR) is 263 cm³/mol. The van der Waals surface area contributed by atoms with Gasteiger partial charge in [-0.1, -0.05) is 64.7 Å². The lowest BCUT2D eigenvalue weighted by atomic mass is 9.68. The van der Waals surface area contributed by atoms with E-state index in [0.29, 0.717) is 25.0 Å². The molecule has 14 heteroatoms. The Labute approximate surface area is 393 Å². The van der Waals surface area contributed by atoms with Gasteiger partial charge in [-0.2, -0.15) is 15.0 Å². The molecule has 0 radical (unpaired) electrons. The molecule has 65 heavy (non-hydrogen) atoms. The van der Waals surface area contributed by atoms with Crippen LogP contribution in [-0.4, -0.2) is 138 Å². The Morgan fingerprint density at radius 2 is 1.00 bits per heavy atom. The lowest BCUT2D eigenvalue weighted by Gasteiger charge is -2.60. The monoisotopic (exact) mass is 903 g/mol. The average molecular weight is 903 g/mol. The maximum absolute atomic E-state index is 15.7. The molecule has 0 spiro atoms. The largest absolute Gasteiger partial charge is 0.322 e. The van der Waals surface area contributed by atoms with Gasteiger partial charge < -0.3 is 29.8 Å². The molecule has 4 aliphatic heterocycles. The zero-order valence-corrected chi connectivity index (χ0v) is 43.3. The van der Waals surface area contributed by atoms with Gasteiger partial charge in [0.05, 0.1) is 11.7 Å². The van der Waals surface area contributed by atoms with Crippen molar-refractivity contribution in [1.82, 2.24) is 45.6 Å². The molecule has 6 unspecified atom stereocenters. The van der Waals surface area contributed by atoms with E-state index in [2.05, 4.69) is 128 Å². The molecule has 3 saturated heterocycles. The van der Waals surface area contributed by atoms with E-state index < -0.39 is 22.2 Å². The van der Waals surface area contributed by atoms with E-state index in [4.69, 9.17) is 15.0 Å². The molecule has 1 aromatic rings. The van der Waals surface area contributed by atoms with Crippen molar-refractivity contribution >= 4 is 29.7 Å². The molecule has 6 bridgehead atoms. The Hall–Kier alpha value is -2.81. The summed E-state index contributed by atoms with van der Waals surface area (Å²) in [5, 5.41) is 11.7. The van der Waals surface area contributed by atoms with Crippen LogP contribution in [0.2, 0.25) is 0 Å². The van der Waals surface area contributed by atoms with Gasteiger partial charge in [0, 0.05) is 72.4 Å². The molecule has 5 heterocycles. The summed E-state index contributed by atoms with van der Waals surface area (Å²) in [5.41, 5.74) is -3.00. The highest BCUT2D eigenvalue weighted by Gasteiger charge is 2.60. The van der Waals surface area contributed by atoms with Gasteiger partial charge in [-0.05, 0) is 129 Å². The second-order valence-electron chi connectivity index (χ2n) is 25.0. The molecule has 3 aliphatic carbocycles. The van der Waals surface area contributed by atoms with E-state index in [0.717, 1.165) is 83.2 Å². The van der Waals surface area contributed by atoms with Gasteiger partial charge >= 0.3 is 0 Å². The van der Waals surface area contributed by atoms with Crippen molar-refractivity contribution in [3.8, 4) is 0 Å². The number of aromatic nitrogens is 3. The van der Waals surface area contributed by atoms with Gasteiger partial charge in [0.25, 0.3) is 0 Å². The van der Waals surface area contributed by atoms with E-state index >= 15 is 9.59 Å². The predicted octanol–water partition coefficient (Wildman–Crippen LogP) is 7.38. The van der Waals surface area contributed by atoms with Crippen molar-refractivity contribution in [2.24, 2.45) is 5.92 Å². The fraction of sp³-hybridized carbons (Fsp3) is 0.902. The van der Waals surface area contributed by atoms with E-state index in [1.807, 2.05) is 13.8 Å². The fourth-order valence-electron chi connectivity index (χ4n) is 14.4. The molecule has 7 aliphatic rings. The lowest BCUT2D eigenvalue weighted by molar-refractivity contribution is -0.157. The van der Waals surface area contributed by atoms with E-state index in [1.165, 1.54) is 32.1 Å². The normalized spacial score (nSPS) is 34.6. The number of rotatable bonds is 6. The van der Waals surface area contributed by atoms with Crippen LogP contribution in [0, 0.1) is 5.92 Å². The van der Waals surface area contributed by atoms with Crippen molar-refractivity contribution in [2.45, 2.75) is 263 Å². The van der Waals surface area contributed by atoms with Crippen LogP contribution in [0.1, 0.15) is 193 Å². The number of carbonyl (C=O) groups is 2. The summed E-state index contributed by atoms with van der Waals surface area (Å²) in [4.78, 5) is 62.6. The number of amides is 2.